The number of hydrogen-bond donors (Lipinski definition) is 1. The highest BCUT2D eigenvalue weighted by Gasteiger charge is 2.33. The Labute approximate surface area is 182 Å². The molecule has 0 saturated carbocycles. The van der Waals surface area contributed by atoms with Crippen molar-refractivity contribution in [2.24, 2.45) is 0 Å². The second-order valence-corrected chi connectivity index (χ2v) is 14.5. The fourth-order valence-electron chi connectivity index (χ4n) is 3.16. The standard InChI is InChI=1S/C21H20IN2S2Si/c1-2-3-12-27(22)21-19(23)18-15(14-8-5-4-6-9-14)13-16(24-20(18)26-21)17-10-7-11-25-17/h4-11,13H,2-3,12,23H2,1H3/q+1. The van der Waals surface area contributed by atoms with E-state index in [1.54, 1.807) is 11.3 Å². The Morgan fingerprint density at radius 2 is 1.96 bits per heavy atom. The fourth-order valence-corrected chi connectivity index (χ4v) is 10.1. The number of unbranched alkanes of at least 4 members (excludes halogenated alkanes) is 1. The molecule has 4 aromatic rings. The summed E-state index contributed by atoms with van der Waals surface area (Å²) in [7, 11) is 0. The molecule has 0 aliphatic rings. The summed E-state index contributed by atoms with van der Waals surface area (Å²) in [5.74, 6) is 0. The van der Waals surface area contributed by atoms with E-state index >= 15 is 0 Å². The van der Waals surface area contributed by atoms with Crippen molar-refractivity contribution in [1.82, 2.24) is 4.98 Å². The smallest absolute Gasteiger partial charge is 0.395 e. The number of hydrogen-bond acceptors (Lipinski definition) is 4. The molecule has 0 spiro atoms. The minimum atomic E-state index is -0.659. The summed E-state index contributed by atoms with van der Waals surface area (Å²) in [6, 6.07) is 18.3. The largest absolute Gasteiger partial charge is 0.436 e. The van der Waals surface area contributed by atoms with Crippen LogP contribution in [0.2, 0.25) is 6.04 Å². The molecule has 0 unspecified atom stereocenters. The van der Waals surface area contributed by atoms with Gasteiger partial charge in [0.15, 0.2) is 4.50 Å². The van der Waals surface area contributed by atoms with Crippen molar-refractivity contribution in [2.75, 3.05) is 5.73 Å². The number of rotatable bonds is 6. The van der Waals surface area contributed by atoms with E-state index in [0.717, 1.165) is 21.6 Å². The maximum absolute atomic E-state index is 6.71. The van der Waals surface area contributed by atoms with Crippen molar-refractivity contribution < 1.29 is 0 Å². The summed E-state index contributed by atoms with van der Waals surface area (Å²) >= 11 is 6.19. The topological polar surface area (TPSA) is 38.9 Å². The van der Waals surface area contributed by atoms with Gasteiger partial charge in [-0.05, 0) is 35.1 Å². The van der Waals surface area contributed by atoms with E-state index in [2.05, 4.69) is 82.6 Å². The summed E-state index contributed by atoms with van der Waals surface area (Å²) in [5, 5.41) is 3.24. The molecule has 2 nitrogen and oxygen atoms in total. The SMILES string of the molecule is CCCC[Si+](I)c1sc2nc(-c3cccs3)cc(-c3ccccc3)c2c1N. The molecule has 0 atom stereocenters. The molecule has 0 bridgehead atoms. The lowest BCUT2D eigenvalue weighted by Gasteiger charge is -2.07. The van der Waals surface area contributed by atoms with Gasteiger partial charge in [0, 0.05) is 5.39 Å². The predicted molar refractivity (Wildman–Crippen MR) is 132 cm³/mol. The number of aromatic nitrogens is 1. The number of anilines is 1. The molecule has 4 rings (SSSR count). The summed E-state index contributed by atoms with van der Waals surface area (Å²) in [6.45, 7) is 2.25. The number of benzene rings is 1. The zero-order chi connectivity index (χ0) is 18.8. The first kappa shape index (κ1) is 19.1. The average Bonchev–Trinajstić information content (AvgIpc) is 3.35. The number of nitrogens with two attached hydrogens (primary N) is 1. The zero-order valence-corrected chi connectivity index (χ0v) is 19.8. The maximum atomic E-state index is 6.71. The van der Waals surface area contributed by atoms with Gasteiger partial charge in [-0.2, -0.15) is 0 Å². The molecule has 0 aliphatic heterocycles. The van der Waals surface area contributed by atoms with E-state index in [-0.39, 0.29) is 0 Å². The number of nitrogens with zero attached hydrogens (tertiary/aromatic N) is 1. The second-order valence-electron chi connectivity index (χ2n) is 6.43. The van der Waals surface area contributed by atoms with Crippen molar-refractivity contribution in [3.05, 3.63) is 53.9 Å². The monoisotopic (exact) mass is 519 g/mol. The van der Waals surface area contributed by atoms with Crippen LogP contribution in [0.5, 0.6) is 0 Å². The van der Waals surface area contributed by atoms with Gasteiger partial charge in [-0.3, -0.25) is 0 Å². The Hall–Kier alpha value is -1.22. The van der Waals surface area contributed by atoms with Crippen molar-refractivity contribution in [3.63, 3.8) is 0 Å². The third-order valence-corrected chi connectivity index (χ3v) is 13.3. The van der Waals surface area contributed by atoms with E-state index in [1.807, 2.05) is 11.3 Å². The highest BCUT2D eigenvalue weighted by Crippen LogP contribution is 2.39. The Morgan fingerprint density at radius 3 is 2.67 bits per heavy atom. The van der Waals surface area contributed by atoms with E-state index in [1.165, 1.54) is 39.4 Å². The molecule has 3 heterocycles. The van der Waals surface area contributed by atoms with Gasteiger partial charge < -0.3 is 5.73 Å². The van der Waals surface area contributed by atoms with Gasteiger partial charge in [0.2, 0.25) is 0 Å². The zero-order valence-electron chi connectivity index (χ0n) is 15.0. The average molecular weight is 520 g/mol. The lowest BCUT2D eigenvalue weighted by molar-refractivity contribution is 0.881. The Morgan fingerprint density at radius 1 is 1.15 bits per heavy atom. The minimum Gasteiger partial charge on any atom is -0.395 e. The summed E-state index contributed by atoms with van der Waals surface area (Å²) in [5.41, 5.74) is 11.1. The van der Waals surface area contributed by atoms with Gasteiger partial charge in [0.25, 0.3) is 0 Å². The van der Waals surface area contributed by atoms with Gasteiger partial charge >= 0.3 is 6.29 Å². The predicted octanol–water partition coefficient (Wildman–Crippen LogP) is 6.71. The Balaban J connectivity index is 1.93. The van der Waals surface area contributed by atoms with Crippen molar-refractivity contribution in [3.8, 4) is 21.7 Å². The van der Waals surface area contributed by atoms with Crippen LogP contribution in [-0.2, 0) is 0 Å². The van der Waals surface area contributed by atoms with E-state index in [9.17, 15) is 0 Å². The van der Waals surface area contributed by atoms with E-state index in [0.29, 0.717) is 0 Å². The minimum absolute atomic E-state index is 0.659. The molecule has 27 heavy (non-hydrogen) atoms. The lowest BCUT2D eigenvalue weighted by Crippen LogP contribution is -2.22. The van der Waals surface area contributed by atoms with Crippen LogP contribution < -0.4 is 10.2 Å². The normalized spacial score (nSPS) is 11.2. The van der Waals surface area contributed by atoms with Crippen LogP contribution in [-0.4, -0.2) is 11.3 Å². The van der Waals surface area contributed by atoms with Crippen LogP contribution in [0.25, 0.3) is 31.9 Å². The number of halogens is 1. The van der Waals surface area contributed by atoms with Crippen LogP contribution in [0.1, 0.15) is 19.8 Å². The first-order valence-electron chi connectivity index (χ1n) is 9.03. The van der Waals surface area contributed by atoms with Gasteiger partial charge in [0.05, 0.1) is 22.3 Å². The quantitative estimate of drug-likeness (QED) is 0.175. The molecule has 0 saturated heterocycles. The molecule has 0 fully saturated rings. The fraction of sp³-hybridized carbons (Fsp3) is 0.190. The van der Waals surface area contributed by atoms with Crippen LogP contribution in [0.15, 0.2) is 53.9 Å². The number of thiophene rings is 2. The molecule has 0 amide bonds. The molecule has 0 aliphatic carbocycles. The van der Waals surface area contributed by atoms with Crippen molar-refractivity contribution in [1.29, 1.82) is 0 Å². The third kappa shape index (κ3) is 3.85. The highest BCUT2D eigenvalue weighted by molar-refractivity contribution is 14.1. The highest BCUT2D eigenvalue weighted by atomic mass is 127. The first-order chi connectivity index (χ1) is 13.2. The second kappa shape index (κ2) is 8.42. The molecule has 1 aromatic carbocycles. The van der Waals surface area contributed by atoms with Gasteiger partial charge in [-0.25, -0.2) is 4.98 Å². The molecule has 136 valence electrons. The Bertz CT molecular complexity index is 1050. The molecular weight excluding hydrogens is 499 g/mol. The summed E-state index contributed by atoms with van der Waals surface area (Å²) in [6.07, 6.45) is 1.84. The molecular formula is C21H20IN2S2Si+. The summed E-state index contributed by atoms with van der Waals surface area (Å²) < 4.78 is 1.37. The van der Waals surface area contributed by atoms with Gasteiger partial charge in [0.1, 0.15) is 26.6 Å². The summed E-state index contributed by atoms with van der Waals surface area (Å²) in [4.78, 5) is 7.28. The number of pyridine rings is 1. The van der Waals surface area contributed by atoms with Gasteiger partial charge in [-0.15, -0.1) is 11.3 Å². The van der Waals surface area contributed by atoms with Crippen LogP contribution >= 0.6 is 44.5 Å². The van der Waals surface area contributed by atoms with Crippen LogP contribution in [0, 0.1) is 0 Å². The van der Waals surface area contributed by atoms with E-state index in [4.69, 9.17) is 10.7 Å². The van der Waals surface area contributed by atoms with Crippen LogP contribution in [0.4, 0.5) is 5.69 Å². The number of nitrogen functional groups attached to an aromatic ring is 1. The molecule has 0 radical (unpaired) electrons. The van der Waals surface area contributed by atoms with Crippen molar-refractivity contribution >= 4 is 71.2 Å². The first-order valence-corrected chi connectivity index (χ1v) is 15.5. The van der Waals surface area contributed by atoms with E-state index < -0.39 is 6.29 Å². The maximum Gasteiger partial charge on any atom is 0.436 e. The molecule has 2 N–H and O–H groups in total. The van der Waals surface area contributed by atoms with Crippen LogP contribution in [0.3, 0.4) is 0 Å². The Kier molecular flexibility index (Phi) is 5.96. The van der Waals surface area contributed by atoms with Crippen molar-refractivity contribution in [2.45, 2.75) is 25.8 Å². The van der Waals surface area contributed by atoms with Gasteiger partial charge in [-0.1, -0.05) is 61.1 Å². The number of fused-ring (bicyclic) bond motifs is 1. The lowest BCUT2D eigenvalue weighted by atomic mass is 10.0. The molecule has 6 heteroatoms. The third-order valence-electron chi connectivity index (χ3n) is 4.55. The molecule has 3 aromatic heterocycles.